The Hall–Kier alpha value is -3.35. The third-order valence-corrected chi connectivity index (χ3v) is 3.82. The van der Waals surface area contributed by atoms with Crippen LogP contribution in [0.5, 0.6) is 0 Å². The van der Waals surface area contributed by atoms with Gasteiger partial charge in [-0.05, 0) is 49.7 Å². The van der Waals surface area contributed by atoms with Crippen LogP contribution in [0, 0.1) is 0 Å². The predicted molar refractivity (Wildman–Crippen MR) is 112 cm³/mol. The van der Waals surface area contributed by atoms with Crippen LogP contribution in [0.4, 0.5) is 17.1 Å². The van der Waals surface area contributed by atoms with E-state index in [0.29, 0.717) is 29.9 Å². The number of hydrogen-bond acceptors (Lipinski definition) is 4. The van der Waals surface area contributed by atoms with Gasteiger partial charge in [-0.3, -0.25) is 14.4 Å². The van der Waals surface area contributed by atoms with E-state index in [1.54, 1.807) is 42.5 Å². The minimum atomic E-state index is -0.242. The maximum absolute atomic E-state index is 12.2. The van der Waals surface area contributed by atoms with Gasteiger partial charge in [0.15, 0.2) is 0 Å². The van der Waals surface area contributed by atoms with Crippen LogP contribution in [-0.4, -0.2) is 30.8 Å². The average Bonchev–Trinajstić information content (AvgIpc) is 2.67. The molecule has 7 heteroatoms. The highest BCUT2D eigenvalue weighted by Crippen LogP contribution is 2.16. The van der Waals surface area contributed by atoms with Crippen molar-refractivity contribution in [2.24, 2.45) is 0 Å². The summed E-state index contributed by atoms with van der Waals surface area (Å²) in [6.07, 6.45) is 1.25. The van der Waals surface area contributed by atoms with Gasteiger partial charge in [-0.2, -0.15) is 0 Å². The largest absolute Gasteiger partial charge is 0.376 e. The molecule has 0 atom stereocenters. The molecule has 0 fully saturated rings. The number of anilines is 3. The van der Waals surface area contributed by atoms with Crippen molar-refractivity contribution in [1.82, 2.24) is 5.32 Å². The summed E-state index contributed by atoms with van der Waals surface area (Å²) >= 11 is 0. The second-order valence-electron chi connectivity index (χ2n) is 6.22. The Morgan fingerprint density at radius 3 is 2.18 bits per heavy atom. The highest BCUT2D eigenvalue weighted by molar-refractivity contribution is 5.98. The molecule has 0 aliphatic rings. The van der Waals surface area contributed by atoms with Crippen molar-refractivity contribution < 1.29 is 14.4 Å². The van der Waals surface area contributed by atoms with Crippen molar-refractivity contribution in [3.8, 4) is 0 Å². The van der Waals surface area contributed by atoms with E-state index >= 15 is 0 Å². The van der Waals surface area contributed by atoms with Crippen LogP contribution >= 0.6 is 0 Å². The molecule has 0 aliphatic carbocycles. The lowest BCUT2D eigenvalue weighted by molar-refractivity contribution is -0.116. The van der Waals surface area contributed by atoms with E-state index in [1.807, 2.05) is 19.9 Å². The van der Waals surface area contributed by atoms with Crippen LogP contribution in [0.3, 0.4) is 0 Å². The highest BCUT2D eigenvalue weighted by atomic mass is 16.2. The van der Waals surface area contributed by atoms with Crippen molar-refractivity contribution in [3.05, 3.63) is 54.1 Å². The maximum Gasteiger partial charge on any atom is 0.251 e. The monoisotopic (exact) mass is 382 g/mol. The summed E-state index contributed by atoms with van der Waals surface area (Å²) in [4.78, 5) is 35.8. The van der Waals surface area contributed by atoms with E-state index in [0.717, 1.165) is 12.1 Å². The summed E-state index contributed by atoms with van der Waals surface area (Å²) < 4.78 is 0. The lowest BCUT2D eigenvalue weighted by Gasteiger charge is -2.11. The minimum absolute atomic E-state index is 0.0376. The molecule has 0 aliphatic heterocycles. The molecule has 0 heterocycles. The topological polar surface area (TPSA) is 99.3 Å². The fourth-order valence-electron chi connectivity index (χ4n) is 2.55. The fraction of sp³-hybridized carbons (Fsp3) is 0.286. The number of rotatable bonds is 9. The van der Waals surface area contributed by atoms with Crippen molar-refractivity contribution >= 4 is 34.8 Å². The Morgan fingerprint density at radius 1 is 0.821 bits per heavy atom. The molecule has 0 aromatic heterocycles. The SMILES string of the molecule is CCCC(=O)Nc1cccc(NCC(=O)Nc2cccc(C(=O)NCC)c2)c1. The van der Waals surface area contributed by atoms with Crippen LogP contribution in [0.25, 0.3) is 0 Å². The van der Waals surface area contributed by atoms with E-state index in [1.165, 1.54) is 0 Å². The van der Waals surface area contributed by atoms with Crippen LogP contribution in [0.2, 0.25) is 0 Å². The van der Waals surface area contributed by atoms with Gasteiger partial charge in [-0.25, -0.2) is 0 Å². The molecule has 2 rings (SSSR count). The first-order chi connectivity index (χ1) is 13.5. The van der Waals surface area contributed by atoms with Gasteiger partial charge in [0.2, 0.25) is 11.8 Å². The van der Waals surface area contributed by atoms with Gasteiger partial charge in [0, 0.05) is 35.6 Å². The van der Waals surface area contributed by atoms with Crippen molar-refractivity contribution in [2.45, 2.75) is 26.7 Å². The third-order valence-electron chi connectivity index (χ3n) is 3.82. The molecule has 4 N–H and O–H groups in total. The third kappa shape index (κ3) is 6.75. The zero-order valence-corrected chi connectivity index (χ0v) is 16.2. The molecule has 0 saturated heterocycles. The van der Waals surface area contributed by atoms with Gasteiger partial charge in [-0.1, -0.05) is 19.1 Å². The number of benzene rings is 2. The average molecular weight is 382 g/mol. The first-order valence-corrected chi connectivity index (χ1v) is 9.33. The first kappa shape index (κ1) is 21.0. The Bertz CT molecular complexity index is 836. The van der Waals surface area contributed by atoms with E-state index in [2.05, 4.69) is 21.3 Å². The van der Waals surface area contributed by atoms with Gasteiger partial charge in [0.05, 0.1) is 6.54 Å². The van der Waals surface area contributed by atoms with Gasteiger partial charge in [0.1, 0.15) is 0 Å². The van der Waals surface area contributed by atoms with Gasteiger partial charge >= 0.3 is 0 Å². The van der Waals surface area contributed by atoms with Crippen molar-refractivity contribution in [2.75, 3.05) is 29.0 Å². The Labute approximate surface area is 164 Å². The lowest BCUT2D eigenvalue weighted by Crippen LogP contribution is -2.24. The Morgan fingerprint density at radius 2 is 1.46 bits per heavy atom. The summed E-state index contributed by atoms with van der Waals surface area (Å²) in [6.45, 7) is 4.39. The summed E-state index contributed by atoms with van der Waals surface area (Å²) in [5.41, 5.74) is 2.44. The molecule has 2 aromatic rings. The van der Waals surface area contributed by atoms with Crippen molar-refractivity contribution in [3.63, 3.8) is 0 Å². The van der Waals surface area contributed by atoms with E-state index in [9.17, 15) is 14.4 Å². The van der Waals surface area contributed by atoms with E-state index < -0.39 is 0 Å². The Kier molecular flexibility index (Phi) is 8.02. The lowest BCUT2D eigenvalue weighted by atomic mass is 10.2. The molecular weight excluding hydrogens is 356 g/mol. The molecular formula is C21H26N4O3. The van der Waals surface area contributed by atoms with Crippen LogP contribution in [-0.2, 0) is 9.59 Å². The van der Waals surface area contributed by atoms with Crippen LogP contribution in [0.15, 0.2) is 48.5 Å². The minimum Gasteiger partial charge on any atom is -0.376 e. The number of hydrogen-bond donors (Lipinski definition) is 4. The molecule has 2 aromatic carbocycles. The van der Waals surface area contributed by atoms with Crippen LogP contribution < -0.4 is 21.3 Å². The Balaban J connectivity index is 1.90. The summed E-state index contributed by atoms with van der Waals surface area (Å²) in [6, 6.07) is 14.0. The molecule has 0 unspecified atom stereocenters. The first-order valence-electron chi connectivity index (χ1n) is 9.33. The quantitative estimate of drug-likeness (QED) is 0.535. The zero-order chi connectivity index (χ0) is 20.4. The summed E-state index contributed by atoms with van der Waals surface area (Å²) in [7, 11) is 0. The highest BCUT2D eigenvalue weighted by Gasteiger charge is 2.08. The smallest absolute Gasteiger partial charge is 0.251 e. The molecule has 148 valence electrons. The molecule has 0 saturated carbocycles. The zero-order valence-electron chi connectivity index (χ0n) is 16.2. The van der Waals surface area contributed by atoms with Gasteiger partial charge in [-0.15, -0.1) is 0 Å². The van der Waals surface area contributed by atoms with E-state index in [-0.39, 0.29) is 24.3 Å². The fourth-order valence-corrected chi connectivity index (χ4v) is 2.55. The number of carbonyl (C=O) groups is 3. The predicted octanol–water partition coefficient (Wildman–Crippen LogP) is 3.23. The summed E-state index contributed by atoms with van der Waals surface area (Å²) in [5, 5.41) is 11.3. The second-order valence-corrected chi connectivity index (χ2v) is 6.22. The van der Waals surface area contributed by atoms with Crippen LogP contribution in [0.1, 0.15) is 37.0 Å². The summed E-state index contributed by atoms with van der Waals surface area (Å²) in [5.74, 6) is -0.462. The number of nitrogens with one attached hydrogen (secondary N) is 4. The van der Waals surface area contributed by atoms with Gasteiger partial charge in [0.25, 0.3) is 5.91 Å². The molecule has 0 spiro atoms. The normalized spacial score (nSPS) is 10.1. The second kappa shape index (κ2) is 10.7. The number of carbonyl (C=O) groups excluding carboxylic acids is 3. The maximum atomic E-state index is 12.2. The van der Waals surface area contributed by atoms with Gasteiger partial charge < -0.3 is 21.3 Å². The molecule has 28 heavy (non-hydrogen) atoms. The molecule has 0 bridgehead atoms. The molecule has 3 amide bonds. The van der Waals surface area contributed by atoms with Crippen molar-refractivity contribution in [1.29, 1.82) is 0 Å². The standard InChI is InChI=1S/C21H26N4O3/c1-3-7-19(26)24-18-11-6-9-16(13-18)23-14-20(27)25-17-10-5-8-15(12-17)21(28)22-4-2/h5-6,8-13,23H,3-4,7,14H2,1-2H3,(H,22,28)(H,24,26)(H,25,27). The molecule has 7 nitrogen and oxygen atoms in total. The molecule has 0 radical (unpaired) electrons. The number of amides is 3. The van der Waals surface area contributed by atoms with E-state index in [4.69, 9.17) is 0 Å².